The Morgan fingerprint density at radius 1 is 1.00 bits per heavy atom. The van der Waals surface area contributed by atoms with Gasteiger partial charge < -0.3 is 15.4 Å². The minimum atomic E-state index is -4.31. The van der Waals surface area contributed by atoms with Gasteiger partial charge in [0.25, 0.3) is 10.0 Å². The highest BCUT2D eigenvalue weighted by Crippen LogP contribution is 2.30. The quantitative estimate of drug-likeness (QED) is 0.195. The fraction of sp³-hybridized carbons (Fsp3) is 0.400. The Bertz CT molecular complexity index is 1250. The van der Waals surface area contributed by atoms with Gasteiger partial charge in [0.15, 0.2) is 0 Å². The zero-order valence-electron chi connectivity index (χ0n) is 21.7. The molecule has 1 fully saturated rings. The summed E-state index contributed by atoms with van der Waals surface area (Å²) < 4.78 is 33.5. The Kier molecular flexibility index (Phi) is 10.2. The Morgan fingerprint density at radius 3 is 2.34 bits per heavy atom. The largest absolute Gasteiger partial charge is 0.379 e. The van der Waals surface area contributed by atoms with Gasteiger partial charge in [-0.25, -0.2) is 0 Å². The minimum Gasteiger partial charge on any atom is -0.379 e. The molecule has 0 saturated carbocycles. The first kappa shape index (κ1) is 29.0. The number of morpholine rings is 1. The molecule has 1 aliphatic heterocycles. The van der Waals surface area contributed by atoms with Crippen LogP contribution in [0.4, 0.5) is 11.4 Å². The molecule has 12 nitrogen and oxygen atoms in total. The van der Waals surface area contributed by atoms with Crippen molar-refractivity contribution >= 4 is 39.1 Å². The fourth-order valence-corrected chi connectivity index (χ4v) is 5.46. The van der Waals surface area contributed by atoms with Crippen LogP contribution in [0, 0.1) is 13.8 Å². The first-order valence-electron chi connectivity index (χ1n) is 12.2. The minimum absolute atomic E-state index is 0.0926. The molecule has 38 heavy (non-hydrogen) atoms. The van der Waals surface area contributed by atoms with Crippen LogP contribution in [-0.4, -0.2) is 70.4 Å². The maximum absolute atomic E-state index is 13.7. The van der Waals surface area contributed by atoms with Crippen molar-refractivity contribution in [2.75, 3.05) is 49.1 Å². The summed E-state index contributed by atoms with van der Waals surface area (Å²) in [6.07, 6.45) is 0.653. The molecule has 0 aliphatic carbocycles. The SMILES string of the molecule is CC(=O)Nc1c(C)ccc(S(=O)(=O)N(NNC(=O)C(=O)NCCCN2CCOCC2)c2ccccc2)c1C. The lowest BCUT2D eigenvalue weighted by Gasteiger charge is -2.27. The van der Waals surface area contributed by atoms with Gasteiger partial charge in [0.05, 0.1) is 23.8 Å². The molecule has 1 aliphatic rings. The summed E-state index contributed by atoms with van der Waals surface area (Å²) in [5.74, 6) is -2.29. The van der Waals surface area contributed by atoms with Gasteiger partial charge in [0.1, 0.15) is 0 Å². The van der Waals surface area contributed by atoms with E-state index >= 15 is 0 Å². The van der Waals surface area contributed by atoms with E-state index in [1.165, 1.54) is 25.1 Å². The van der Waals surface area contributed by atoms with E-state index in [0.717, 1.165) is 24.0 Å². The predicted molar refractivity (Wildman–Crippen MR) is 142 cm³/mol. The summed E-state index contributed by atoms with van der Waals surface area (Å²) in [5.41, 5.74) is 6.14. The van der Waals surface area contributed by atoms with E-state index in [9.17, 15) is 22.8 Å². The molecule has 206 valence electrons. The summed E-state index contributed by atoms with van der Waals surface area (Å²) in [7, 11) is -4.31. The number of hydrogen-bond acceptors (Lipinski definition) is 8. The van der Waals surface area contributed by atoms with E-state index in [0.29, 0.717) is 43.0 Å². The molecule has 1 saturated heterocycles. The number of benzene rings is 2. The lowest BCUT2D eigenvalue weighted by molar-refractivity contribution is -0.139. The van der Waals surface area contributed by atoms with Crippen molar-refractivity contribution < 1.29 is 27.5 Å². The first-order chi connectivity index (χ1) is 18.1. The third kappa shape index (κ3) is 7.51. The molecule has 13 heteroatoms. The van der Waals surface area contributed by atoms with Crippen LogP contribution in [-0.2, 0) is 29.1 Å². The van der Waals surface area contributed by atoms with Gasteiger partial charge in [0, 0.05) is 32.2 Å². The molecule has 0 atom stereocenters. The molecular formula is C25H34N6O6S. The maximum Gasteiger partial charge on any atom is 0.324 e. The van der Waals surface area contributed by atoms with Gasteiger partial charge in [-0.05, 0) is 56.1 Å². The second-order valence-electron chi connectivity index (χ2n) is 8.80. The number of amides is 3. The van der Waals surface area contributed by atoms with E-state index < -0.39 is 21.8 Å². The van der Waals surface area contributed by atoms with E-state index in [1.54, 1.807) is 38.1 Å². The second-order valence-corrected chi connectivity index (χ2v) is 10.6. The van der Waals surface area contributed by atoms with Crippen molar-refractivity contribution in [3.63, 3.8) is 0 Å². The monoisotopic (exact) mass is 546 g/mol. The van der Waals surface area contributed by atoms with Crippen LogP contribution in [0.1, 0.15) is 24.5 Å². The number of anilines is 2. The van der Waals surface area contributed by atoms with E-state index in [4.69, 9.17) is 4.74 Å². The maximum atomic E-state index is 13.7. The molecule has 0 bridgehead atoms. The number of carbonyl (C=O) groups is 3. The zero-order chi connectivity index (χ0) is 27.7. The molecule has 2 aromatic carbocycles. The van der Waals surface area contributed by atoms with Crippen molar-refractivity contribution in [3.05, 3.63) is 53.6 Å². The summed E-state index contributed by atoms with van der Waals surface area (Å²) in [6, 6.07) is 11.0. The summed E-state index contributed by atoms with van der Waals surface area (Å²) >= 11 is 0. The van der Waals surface area contributed by atoms with Crippen molar-refractivity contribution in [1.82, 2.24) is 21.2 Å². The Morgan fingerprint density at radius 2 is 1.68 bits per heavy atom. The third-order valence-corrected chi connectivity index (χ3v) is 7.73. The van der Waals surface area contributed by atoms with Gasteiger partial charge in [-0.2, -0.15) is 12.8 Å². The van der Waals surface area contributed by atoms with E-state index in [2.05, 4.69) is 26.5 Å². The first-order valence-corrected chi connectivity index (χ1v) is 13.7. The Hall–Kier alpha value is -3.52. The number of carbonyl (C=O) groups excluding carboxylic acids is 3. The number of nitrogens with zero attached hydrogens (tertiary/aromatic N) is 2. The predicted octanol–water partition coefficient (Wildman–Crippen LogP) is 0.831. The van der Waals surface area contributed by atoms with Crippen molar-refractivity contribution in [3.8, 4) is 0 Å². The topological polar surface area (TPSA) is 149 Å². The van der Waals surface area contributed by atoms with Gasteiger partial charge >= 0.3 is 11.8 Å². The fourth-order valence-electron chi connectivity index (χ4n) is 3.97. The molecule has 0 aromatic heterocycles. The van der Waals surface area contributed by atoms with Crippen LogP contribution in [0.2, 0.25) is 0 Å². The van der Waals surface area contributed by atoms with Crippen molar-refractivity contribution in [1.29, 1.82) is 0 Å². The van der Waals surface area contributed by atoms with Gasteiger partial charge in [0.2, 0.25) is 5.91 Å². The van der Waals surface area contributed by atoms with Crippen LogP contribution in [0.15, 0.2) is 47.4 Å². The normalized spacial score (nSPS) is 14.0. The standard InChI is InChI=1S/C25H34N6O6S/c1-18-10-11-22(19(2)23(18)27-20(3)32)38(35,36)31(21-8-5-4-6-9-21)29-28-25(34)24(33)26-12-7-13-30-14-16-37-17-15-30/h4-6,8-11,29H,7,12-17H2,1-3H3,(H,26,33)(H,27,32)(H,28,34). The van der Waals surface area contributed by atoms with Gasteiger partial charge in [-0.1, -0.05) is 24.3 Å². The lowest BCUT2D eigenvalue weighted by Crippen LogP contribution is -2.55. The number of para-hydroxylation sites is 1. The van der Waals surface area contributed by atoms with Crippen LogP contribution in [0.3, 0.4) is 0 Å². The van der Waals surface area contributed by atoms with Crippen molar-refractivity contribution in [2.24, 2.45) is 0 Å². The van der Waals surface area contributed by atoms with Crippen LogP contribution in [0.5, 0.6) is 0 Å². The molecule has 4 N–H and O–H groups in total. The van der Waals surface area contributed by atoms with E-state index in [-0.39, 0.29) is 16.5 Å². The Balaban J connectivity index is 1.71. The number of sulfonamides is 1. The van der Waals surface area contributed by atoms with Crippen LogP contribution < -0.4 is 26.0 Å². The number of rotatable bonds is 10. The van der Waals surface area contributed by atoms with Crippen LogP contribution >= 0.6 is 0 Å². The van der Waals surface area contributed by atoms with Crippen molar-refractivity contribution in [2.45, 2.75) is 32.1 Å². The van der Waals surface area contributed by atoms with Crippen LogP contribution in [0.25, 0.3) is 0 Å². The second kappa shape index (κ2) is 13.3. The molecule has 3 amide bonds. The summed E-state index contributed by atoms with van der Waals surface area (Å²) in [5, 5.41) is 5.21. The number of hydrazine groups is 2. The smallest absolute Gasteiger partial charge is 0.324 e. The molecule has 1 heterocycles. The Labute approximate surface area is 222 Å². The number of nitrogens with one attached hydrogen (secondary N) is 4. The highest BCUT2D eigenvalue weighted by molar-refractivity contribution is 7.92. The summed E-state index contributed by atoms with van der Waals surface area (Å²) in [6.45, 7) is 8.73. The van der Waals surface area contributed by atoms with E-state index in [1.807, 2.05) is 0 Å². The zero-order valence-corrected chi connectivity index (χ0v) is 22.6. The average molecular weight is 547 g/mol. The number of aryl methyl sites for hydroxylation is 1. The average Bonchev–Trinajstić information content (AvgIpc) is 2.89. The highest BCUT2D eigenvalue weighted by atomic mass is 32.2. The molecule has 0 unspecified atom stereocenters. The molecule has 2 aromatic rings. The van der Waals surface area contributed by atoms with Gasteiger partial charge in [-0.3, -0.25) is 24.7 Å². The number of ether oxygens (including phenoxy) is 1. The number of hydrogen-bond donors (Lipinski definition) is 4. The molecular weight excluding hydrogens is 512 g/mol. The molecule has 0 spiro atoms. The molecule has 0 radical (unpaired) electrons. The van der Waals surface area contributed by atoms with Gasteiger partial charge in [-0.15, -0.1) is 5.53 Å². The summed E-state index contributed by atoms with van der Waals surface area (Å²) in [4.78, 5) is 38.5. The molecule has 3 rings (SSSR count). The highest BCUT2D eigenvalue weighted by Gasteiger charge is 2.29. The third-order valence-electron chi connectivity index (χ3n) is 5.95. The lowest BCUT2D eigenvalue weighted by atomic mass is 10.1.